The third-order valence-corrected chi connectivity index (χ3v) is 4.54. The average molecular weight is 392 g/mol. The zero-order chi connectivity index (χ0) is 20.8. The van der Waals surface area contributed by atoms with Crippen LogP contribution >= 0.6 is 0 Å². The zero-order valence-corrected chi connectivity index (χ0v) is 16.7. The summed E-state index contributed by atoms with van der Waals surface area (Å²) in [5.41, 5.74) is 3.02. The molecule has 8 nitrogen and oxygen atoms in total. The van der Waals surface area contributed by atoms with E-state index in [9.17, 15) is 10.1 Å². The fourth-order valence-electron chi connectivity index (χ4n) is 2.87. The van der Waals surface area contributed by atoms with E-state index in [1.807, 2.05) is 54.9 Å². The van der Waals surface area contributed by atoms with Crippen molar-refractivity contribution in [2.45, 2.75) is 19.5 Å². The maximum Gasteiger partial charge on any atom is 0.269 e. The van der Waals surface area contributed by atoms with Crippen molar-refractivity contribution in [1.82, 2.24) is 10.0 Å². The van der Waals surface area contributed by atoms with E-state index in [-0.39, 0.29) is 11.9 Å². The van der Waals surface area contributed by atoms with Crippen LogP contribution in [0, 0.1) is 10.1 Å². The fourth-order valence-corrected chi connectivity index (χ4v) is 2.87. The molecule has 0 fully saturated rings. The summed E-state index contributed by atoms with van der Waals surface area (Å²) in [6, 6.07) is 14.5. The van der Waals surface area contributed by atoms with E-state index in [2.05, 4.69) is 34.2 Å². The molecule has 0 amide bonds. The molecule has 0 N–H and O–H groups in total. The Kier molecular flexibility index (Phi) is 6.23. The van der Waals surface area contributed by atoms with Crippen LogP contribution < -0.4 is 4.90 Å². The van der Waals surface area contributed by atoms with Crippen LogP contribution in [-0.4, -0.2) is 47.6 Å². The maximum absolute atomic E-state index is 10.7. The third kappa shape index (κ3) is 4.98. The van der Waals surface area contributed by atoms with E-state index in [0.29, 0.717) is 0 Å². The van der Waals surface area contributed by atoms with Gasteiger partial charge in [0.2, 0.25) is 0 Å². The largest absolute Gasteiger partial charge is 0.378 e. The molecule has 150 valence electrons. The maximum atomic E-state index is 10.7. The molecule has 0 saturated carbocycles. The molecule has 0 aliphatic carbocycles. The summed E-state index contributed by atoms with van der Waals surface area (Å²) in [4.78, 5) is 12.4. The number of nitro groups is 1. The highest BCUT2D eigenvalue weighted by molar-refractivity contribution is 5.80. The van der Waals surface area contributed by atoms with Gasteiger partial charge in [0.25, 0.3) is 5.69 Å². The molecule has 8 heteroatoms. The smallest absolute Gasteiger partial charge is 0.269 e. The lowest BCUT2D eigenvalue weighted by Gasteiger charge is -2.24. The number of non-ortho nitro benzene ring substituents is 1. The van der Waals surface area contributed by atoms with Crippen molar-refractivity contribution in [3.05, 3.63) is 82.2 Å². The van der Waals surface area contributed by atoms with E-state index in [0.717, 1.165) is 23.2 Å². The minimum atomic E-state index is -0.416. The lowest BCUT2D eigenvalue weighted by Crippen LogP contribution is -2.32. The first kappa shape index (κ1) is 20.1. The lowest BCUT2D eigenvalue weighted by atomic mass is 10.2. The highest BCUT2D eigenvalue weighted by atomic mass is 16.6. The molecule has 2 aromatic carbocycles. The van der Waals surface area contributed by atoms with Crippen molar-refractivity contribution in [3.63, 3.8) is 0 Å². The van der Waals surface area contributed by atoms with Gasteiger partial charge in [0, 0.05) is 44.3 Å². The predicted molar refractivity (Wildman–Crippen MR) is 116 cm³/mol. The quantitative estimate of drug-likeness (QED) is 0.406. The molecule has 0 saturated heterocycles. The second kappa shape index (κ2) is 9.01. The molecule has 2 aromatic rings. The summed E-state index contributed by atoms with van der Waals surface area (Å²) in [6.45, 7) is 2.07. The molecule has 1 aliphatic rings. The molecular weight excluding hydrogens is 368 g/mol. The fraction of sp³-hybridized carbons (Fsp3) is 0.238. The zero-order valence-electron chi connectivity index (χ0n) is 16.7. The van der Waals surface area contributed by atoms with Crippen molar-refractivity contribution in [2.24, 2.45) is 10.2 Å². The molecule has 0 bridgehead atoms. The molecule has 1 aliphatic heterocycles. The first-order valence-corrected chi connectivity index (χ1v) is 9.32. The van der Waals surface area contributed by atoms with Gasteiger partial charge >= 0.3 is 0 Å². The van der Waals surface area contributed by atoms with Crippen LogP contribution in [-0.2, 0) is 0 Å². The first-order valence-electron chi connectivity index (χ1n) is 9.32. The molecule has 1 atom stereocenters. The van der Waals surface area contributed by atoms with Crippen molar-refractivity contribution in [3.8, 4) is 0 Å². The summed E-state index contributed by atoms with van der Waals surface area (Å²) in [5, 5.41) is 23.5. The second-order valence-corrected chi connectivity index (χ2v) is 6.77. The van der Waals surface area contributed by atoms with E-state index in [4.69, 9.17) is 0 Å². The summed E-state index contributed by atoms with van der Waals surface area (Å²) in [5.74, 6) is 0. The third-order valence-electron chi connectivity index (χ3n) is 4.54. The number of hydrazone groups is 2. The Morgan fingerprint density at radius 3 is 1.86 bits per heavy atom. The standard InChI is InChI=1S/C21H24N6O2/c1-4-21-25(22-15-17-5-9-19(10-6-17)24(2)3)13-14-26(21)23-16-18-7-11-20(12-8-18)27(28)29/h5-16,21H,4H2,1-3H3. The molecule has 1 unspecified atom stereocenters. The SMILES string of the molecule is CCC1N(N=Cc2ccc(N(C)C)cc2)C=CN1N=Cc1ccc([N+](=O)[O-])cc1. The summed E-state index contributed by atoms with van der Waals surface area (Å²) in [6.07, 6.45) is 8.05. The number of hydrogen-bond acceptors (Lipinski definition) is 7. The normalized spacial score (nSPS) is 16.3. The van der Waals surface area contributed by atoms with Crippen molar-refractivity contribution in [2.75, 3.05) is 19.0 Å². The van der Waals surface area contributed by atoms with Gasteiger partial charge in [0.05, 0.1) is 17.4 Å². The topological polar surface area (TPSA) is 77.6 Å². The Labute approximate surface area is 170 Å². The lowest BCUT2D eigenvalue weighted by molar-refractivity contribution is -0.384. The van der Waals surface area contributed by atoms with Crippen LogP contribution in [0.25, 0.3) is 0 Å². The summed E-state index contributed by atoms with van der Waals surface area (Å²) >= 11 is 0. The van der Waals surface area contributed by atoms with Gasteiger partial charge in [-0.1, -0.05) is 19.1 Å². The van der Waals surface area contributed by atoms with Gasteiger partial charge in [0.15, 0.2) is 0 Å². The number of hydrogen-bond donors (Lipinski definition) is 0. The number of nitrogens with zero attached hydrogens (tertiary/aromatic N) is 6. The Morgan fingerprint density at radius 2 is 1.45 bits per heavy atom. The second-order valence-electron chi connectivity index (χ2n) is 6.77. The average Bonchev–Trinajstić information content (AvgIpc) is 3.13. The van der Waals surface area contributed by atoms with Gasteiger partial charge in [-0.15, -0.1) is 0 Å². The Hall–Kier alpha value is -3.68. The molecule has 1 heterocycles. The number of nitro benzene ring substituents is 1. The van der Waals surface area contributed by atoms with E-state index in [1.54, 1.807) is 18.3 Å². The number of anilines is 1. The predicted octanol–water partition coefficient (Wildman–Crippen LogP) is 3.85. The van der Waals surface area contributed by atoms with E-state index < -0.39 is 4.92 Å². The van der Waals surface area contributed by atoms with Crippen LogP contribution in [0.3, 0.4) is 0 Å². The highest BCUT2D eigenvalue weighted by Crippen LogP contribution is 2.20. The van der Waals surface area contributed by atoms with Gasteiger partial charge in [0.1, 0.15) is 6.17 Å². The van der Waals surface area contributed by atoms with Gasteiger partial charge in [-0.3, -0.25) is 10.1 Å². The van der Waals surface area contributed by atoms with Crippen LogP contribution in [0.4, 0.5) is 11.4 Å². The van der Waals surface area contributed by atoms with Gasteiger partial charge in [-0.25, -0.2) is 10.0 Å². The van der Waals surface area contributed by atoms with Gasteiger partial charge in [-0.05, 0) is 41.8 Å². The van der Waals surface area contributed by atoms with Crippen molar-refractivity contribution >= 4 is 23.8 Å². The summed E-state index contributed by atoms with van der Waals surface area (Å²) < 4.78 is 0. The van der Waals surface area contributed by atoms with Gasteiger partial charge < -0.3 is 4.90 Å². The Morgan fingerprint density at radius 1 is 0.966 bits per heavy atom. The van der Waals surface area contributed by atoms with E-state index >= 15 is 0 Å². The Bertz CT molecular complexity index is 919. The molecule has 29 heavy (non-hydrogen) atoms. The number of benzene rings is 2. The molecule has 3 rings (SSSR count). The minimum absolute atomic E-state index is 0.0263. The number of rotatable bonds is 7. The van der Waals surface area contributed by atoms with Crippen LogP contribution in [0.5, 0.6) is 0 Å². The van der Waals surface area contributed by atoms with Crippen LogP contribution in [0.2, 0.25) is 0 Å². The van der Waals surface area contributed by atoms with Crippen LogP contribution in [0.15, 0.2) is 71.1 Å². The van der Waals surface area contributed by atoms with Gasteiger partial charge in [-0.2, -0.15) is 10.2 Å². The minimum Gasteiger partial charge on any atom is -0.378 e. The molecule has 0 aromatic heterocycles. The van der Waals surface area contributed by atoms with Crippen LogP contribution in [0.1, 0.15) is 24.5 Å². The molecule has 0 spiro atoms. The first-order chi connectivity index (χ1) is 14.0. The van der Waals surface area contributed by atoms with Crippen molar-refractivity contribution < 1.29 is 4.92 Å². The van der Waals surface area contributed by atoms with Crippen molar-refractivity contribution in [1.29, 1.82) is 0 Å². The Balaban J connectivity index is 1.64. The molecule has 0 radical (unpaired) electrons. The molecular formula is C21H24N6O2. The summed E-state index contributed by atoms with van der Waals surface area (Å²) in [7, 11) is 4.02. The van der Waals surface area contributed by atoms with E-state index in [1.165, 1.54) is 12.1 Å². The highest BCUT2D eigenvalue weighted by Gasteiger charge is 2.23. The monoisotopic (exact) mass is 392 g/mol.